The van der Waals surface area contributed by atoms with Crippen LogP contribution in [0.2, 0.25) is 0 Å². The normalized spacial score (nSPS) is 27.5. The third kappa shape index (κ3) is 38.1. The fourth-order valence-corrected chi connectivity index (χ4v) is 12.4. The first kappa shape index (κ1) is 87.2. The van der Waals surface area contributed by atoms with Crippen LogP contribution >= 0.6 is 0 Å². The molecule has 12 N–H and O–H groups in total. The van der Waals surface area contributed by atoms with Crippen molar-refractivity contribution < 1.29 is 89.4 Å². The third-order valence-electron chi connectivity index (χ3n) is 18.4. The second-order valence-corrected chi connectivity index (χ2v) is 26.7. The number of ether oxygens (including phenoxy) is 6. The van der Waals surface area contributed by atoms with Gasteiger partial charge in [-0.25, -0.2) is 0 Å². The molecule has 3 heterocycles. The molecule has 0 aromatic carbocycles. The minimum atomic E-state index is -1.98. The summed E-state index contributed by atoms with van der Waals surface area (Å²) in [6.07, 6.45) is 48.8. The van der Waals surface area contributed by atoms with E-state index in [9.17, 15) is 61.0 Å². The molecule has 556 valence electrons. The van der Waals surface area contributed by atoms with Crippen LogP contribution in [0.1, 0.15) is 264 Å². The molecule has 17 atom stereocenters. The van der Waals surface area contributed by atoms with E-state index in [0.29, 0.717) is 6.42 Å². The highest BCUT2D eigenvalue weighted by Crippen LogP contribution is 2.33. The maximum absolute atomic E-state index is 13.4. The summed E-state index contributed by atoms with van der Waals surface area (Å²) in [5.41, 5.74) is 0. The van der Waals surface area contributed by atoms with Crippen molar-refractivity contribution in [1.29, 1.82) is 0 Å². The van der Waals surface area contributed by atoms with Crippen LogP contribution in [0.25, 0.3) is 0 Å². The van der Waals surface area contributed by atoms with Gasteiger partial charge in [-0.3, -0.25) is 4.79 Å². The Balaban J connectivity index is 1.29. The second-order valence-electron chi connectivity index (χ2n) is 26.7. The van der Waals surface area contributed by atoms with Crippen LogP contribution in [-0.4, -0.2) is 193 Å². The summed E-state index contributed by atoms with van der Waals surface area (Å²) in [6, 6.07) is -0.974. The summed E-state index contributed by atoms with van der Waals surface area (Å²) in [5.74, 6) is -0.275. The number of allylic oxidation sites excluding steroid dienone is 13. The number of amides is 1. The van der Waals surface area contributed by atoms with Gasteiger partial charge in [-0.1, -0.05) is 272 Å². The van der Waals surface area contributed by atoms with Crippen LogP contribution < -0.4 is 5.32 Å². The average Bonchev–Trinajstić information content (AvgIpc) is 0.787. The molecule has 3 rings (SSSR count). The van der Waals surface area contributed by atoms with Crippen LogP contribution in [0, 0.1) is 0 Å². The minimum Gasteiger partial charge on any atom is -0.394 e. The average molecular weight is 1360 g/mol. The maximum atomic E-state index is 13.4. The summed E-state index contributed by atoms with van der Waals surface area (Å²) >= 11 is 0. The highest BCUT2D eigenvalue weighted by Gasteiger charge is 2.53. The molecule has 0 aromatic rings. The molecule has 19 heteroatoms. The largest absolute Gasteiger partial charge is 0.394 e. The Kier molecular flexibility index (Phi) is 52.3. The van der Waals surface area contributed by atoms with Crippen LogP contribution in [-0.2, 0) is 33.2 Å². The van der Waals surface area contributed by atoms with Gasteiger partial charge in [-0.05, 0) is 70.6 Å². The fraction of sp³-hybridized carbons (Fsp3) is 0.805. The molecule has 17 unspecified atom stereocenters. The van der Waals surface area contributed by atoms with Gasteiger partial charge < -0.3 is 89.9 Å². The zero-order valence-corrected chi connectivity index (χ0v) is 59.1. The molecule has 0 aliphatic carbocycles. The zero-order valence-electron chi connectivity index (χ0n) is 59.1. The van der Waals surface area contributed by atoms with E-state index < -0.39 is 124 Å². The van der Waals surface area contributed by atoms with E-state index in [1.54, 1.807) is 6.08 Å². The topological polar surface area (TPSA) is 307 Å². The molecule has 0 aromatic heterocycles. The lowest BCUT2D eigenvalue weighted by Gasteiger charge is -2.48. The van der Waals surface area contributed by atoms with Gasteiger partial charge in [0.05, 0.1) is 38.6 Å². The second kappa shape index (κ2) is 57.6. The van der Waals surface area contributed by atoms with E-state index in [-0.39, 0.29) is 18.9 Å². The molecular weight excluding hydrogens is 1230 g/mol. The molecule has 1 amide bonds. The first-order chi connectivity index (χ1) is 46.8. The molecule has 3 aliphatic rings. The number of unbranched alkanes of at least 4 members (excludes halogenated alkanes) is 30. The summed E-state index contributed by atoms with van der Waals surface area (Å²) < 4.78 is 34.3. The summed E-state index contributed by atoms with van der Waals surface area (Å²) in [6.45, 7) is 1.61. The molecule has 0 spiro atoms. The van der Waals surface area contributed by atoms with Gasteiger partial charge in [-0.15, -0.1) is 0 Å². The third-order valence-corrected chi connectivity index (χ3v) is 18.4. The molecule has 96 heavy (non-hydrogen) atoms. The Hall–Kier alpha value is -3.03. The van der Waals surface area contributed by atoms with Gasteiger partial charge in [0.2, 0.25) is 5.91 Å². The lowest BCUT2D eigenvalue weighted by molar-refractivity contribution is -0.379. The Bertz CT molecular complexity index is 2070. The quantitative estimate of drug-likeness (QED) is 0.0199. The van der Waals surface area contributed by atoms with Gasteiger partial charge in [0.15, 0.2) is 18.9 Å². The van der Waals surface area contributed by atoms with Crippen molar-refractivity contribution in [2.24, 2.45) is 0 Å². The monoisotopic (exact) mass is 1360 g/mol. The van der Waals surface area contributed by atoms with Crippen molar-refractivity contribution in [1.82, 2.24) is 5.32 Å². The number of aliphatic hydroxyl groups excluding tert-OH is 11. The number of carbonyl (C=O) groups is 1. The van der Waals surface area contributed by atoms with E-state index in [4.69, 9.17) is 28.4 Å². The van der Waals surface area contributed by atoms with Gasteiger partial charge in [0.1, 0.15) is 73.2 Å². The Morgan fingerprint density at radius 3 is 1.12 bits per heavy atom. The van der Waals surface area contributed by atoms with Crippen molar-refractivity contribution >= 4 is 5.91 Å². The smallest absolute Gasteiger partial charge is 0.220 e. The number of rotatable bonds is 58. The standard InChI is InChI=1S/C77H135NO18/c1-3-5-7-9-11-13-15-17-18-19-20-21-22-23-24-25-26-27-28-29-30-31-32-33-34-35-36-37-38-39-40-41-42-43-45-47-49-51-53-55-65(83)78-60(61(82)54-52-50-48-46-44-16-14-12-10-8-6-4-2)59-91-75-71(89)68(86)73(63(57-80)93-75)96-77-72(90)69(87)74(64(58-81)94-77)95-76-70(88)67(85)66(84)62(56-79)92-76/h5,7,11,13,17-18,20-21,23-24,26-27,52,54,60-64,66-77,79-82,84-90H,3-4,6,8-10,12,14-16,19,22,25,28-51,53,55-59H2,1-2H3,(H,78,83)/b7-5-,13-11-,18-17-,21-20-,24-23-,27-26-,54-52+. The molecule has 0 saturated carbocycles. The van der Waals surface area contributed by atoms with Gasteiger partial charge in [0, 0.05) is 6.42 Å². The van der Waals surface area contributed by atoms with Crippen molar-refractivity contribution in [2.75, 3.05) is 26.4 Å². The van der Waals surface area contributed by atoms with Gasteiger partial charge >= 0.3 is 0 Å². The van der Waals surface area contributed by atoms with Crippen LogP contribution in [0.4, 0.5) is 0 Å². The Labute approximate surface area is 578 Å². The summed E-state index contributed by atoms with van der Waals surface area (Å²) in [4.78, 5) is 13.4. The van der Waals surface area contributed by atoms with Crippen molar-refractivity contribution in [3.8, 4) is 0 Å². The fourth-order valence-electron chi connectivity index (χ4n) is 12.4. The van der Waals surface area contributed by atoms with Gasteiger partial charge in [-0.2, -0.15) is 0 Å². The SMILES string of the molecule is CC/C=C\C/C=C\C/C=C\C/C=C\C/C=C\C/C=C\CCCCCCCCCCCCCCCCCCCCCCC(=O)NC(COC1OC(CO)C(OC2OC(CO)C(OC3OC(CO)C(O)C(O)C3O)C(O)C2O)C(O)C1O)C(O)/C=C/CCCCCCCCCCCC. The molecule has 19 nitrogen and oxygen atoms in total. The number of carbonyl (C=O) groups excluding carboxylic acids is 1. The van der Waals surface area contributed by atoms with E-state index in [1.807, 2.05) is 6.08 Å². The molecular formula is C77H135NO18. The highest BCUT2D eigenvalue weighted by molar-refractivity contribution is 5.76. The number of nitrogens with one attached hydrogen (secondary N) is 1. The Morgan fingerprint density at radius 2 is 0.719 bits per heavy atom. The van der Waals surface area contributed by atoms with E-state index in [0.717, 1.165) is 83.5 Å². The van der Waals surface area contributed by atoms with Crippen LogP contribution in [0.5, 0.6) is 0 Å². The molecule has 3 aliphatic heterocycles. The van der Waals surface area contributed by atoms with E-state index in [2.05, 4.69) is 92.1 Å². The van der Waals surface area contributed by atoms with Crippen LogP contribution in [0.15, 0.2) is 85.1 Å². The van der Waals surface area contributed by atoms with E-state index in [1.165, 1.54) is 154 Å². The van der Waals surface area contributed by atoms with Gasteiger partial charge in [0.25, 0.3) is 0 Å². The summed E-state index contributed by atoms with van der Waals surface area (Å²) in [7, 11) is 0. The lowest BCUT2D eigenvalue weighted by Crippen LogP contribution is -2.66. The highest BCUT2D eigenvalue weighted by atomic mass is 16.8. The predicted molar refractivity (Wildman–Crippen MR) is 378 cm³/mol. The van der Waals surface area contributed by atoms with Crippen molar-refractivity contribution in [3.05, 3.63) is 85.1 Å². The zero-order chi connectivity index (χ0) is 69.6. The molecule has 0 bridgehead atoms. The number of hydrogen-bond donors (Lipinski definition) is 12. The molecule has 3 saturated heterocycles. The first-order valence-corrected chi connectivity index (χ1v) is 37.8. The molecule has 0 radical (unpaired) electrons. The van der Waals surface area contributed by atoms with Crippen LogP contribution in [0.3, 0.4) is 0 Å². The maximum Gasteiger partial charge on any atom is 0.220 e. The van der Waals surface area contributed by atoms with Crippen molar-refractivity contribution in [3.63, 3.8) is 0 Å². The predicted octanol–water partition coefficient (Wildman–Crippen LogP) is 11.4. The first-order valence-electron chi connectivity index (χ1n) is 37.8. The minimum absolute atomic E-state index is 0.243. The lowest BCUT2D eigenvalue weighted by atomic mass is 9.96. The number of aliphatic hydroxyl groups is 11. The van der Waals surface area contributed by atoms with Crippen molar-refractivity contribution in [2.45, 2.75) is 369 Å². The Morgan fingerprint density at radius 1 is 0.385 bits per heavy atom. The summed E-state index contributed by atoms with van der Waals surface area (Å²) in [5, 5.41) is 120. The molecule has 3 fully saturated rings. The number of hydrogen-bond acceptors (Lipinski definition) is 18. The van der Waals surface area contributed by atoms with E-state index >= 15 is 0 Å².